The van der Waals surface area contributed by atoms with E-state index in [1.165, 1.54) is 19.3 Å². The molecule has 0 radical (unpaired) electrons. The Kier molecular flexibility index (Phi) is 2.82. The smallest absolute Gasteiger partial charge is 0.136 e. The lowest BCUT2D eigenvalue weighted by Crippen LogP contribution is -2.27. The van der Waals surface area contributed by atoms with Gasteiger partial charge in [0.05, 0.1) is 0 Å². The molecule has 1 heteroatoms. The molecule has 0 aliphatic heterocycles. The van der Waals surface area contributed by atoms with Crippen LogP contribution in [0.5, 0.6) is 0 Å². The van der Waals surface area contributed by atoms with Crippen LogP contribution in [0.4, 0.5) is 0 Å². The predicted octanol–water partition coefficient (Wildman–Crippen LogP) is 3.10. The number of Topliss-reactive ketones (excluding diaryl/α,β-unsaturated/α-hetero) is 1. The highest BCUT2D eigenvalue weighted by Gasteiger charge is 2.29. The summed E-state index contributed by atoms with van der Waals surface area (Å²) in [4.78, 5) is 11.8. The Morgan fingerprint density at radius 2 is 2.00 bits per heavy atom. The quantitative estimate of drug-likeness (QED) is 0.521. The highest BCUT2D eigenvalue weighted by Crippen LogP contribution is 2.35. The Bertz CT molecular complexity index is 217. The number of carbonyl (C=O) groups excluding carboxylic acids is 1. The highest BCUT2D eigenvalue weighted by atomic mass is 16.1. The second kappa shape index (κ2) is 4.08. The van der Waals surface area contributed by atoms with Crippen LogP contribution >= 0.6 is 0 Å². The Balaban J connectivity index is 2.09. The van der Waals surface area contributed by atoms with Crippen LogP contribution < -0.4 is 0 Å². The van der Waals surface area contributed by atoms with E-state index in [-0.39, 0.29) is 0 Å². The molecular formula is C12H18O. The van der Waals surface area contributed by atoms with Gasteiger partial charge < -0.3 is 0 Å². The first-order valence-corrected chi connectivity index (χ1v) is 5.55. The molecule has 2 rings (SSSR count). The van der Waals surface area contributed by atoms with Gasteiger partial charge in [-0.1, -0.05) is 25.0 Å². The molecule has 0 aromatic heterocycles. The van der Waals surface area contributed by atoms with E-state index in [1.807, 2.05) is 0 Å². The topological polar surface area (TPSA) is 17.1 Å². The molecule has 2 atom stereocenters. The summed E-state index contributed by atoms with van der Waals surface area (Å²) in [5.41, 5.74) is 0. The Hall–Kier alpha value is -0.590. The van der Waals surface area contributed by atoms with Gasteiger partial charge in [-0.3, -0.25) is 4.79 Å². The molecule has 72 valence electrons. The minimum atomic E-state index is 0.415. The Morgan fingerprint density at radius 1 is 1.15 bits per heavy atom. The molecular weight excluding hydrogens is 160 g/mol. The normalized spacial score (nSPS) is 37.4. The number of fused-ring (bicyclic) bond motifs is 1. The summed E-state index contributed by atoms with van der Waals surface area (Å²) in [5, 5.41) is 0. The van der Waals surface area contributed by atoms with E-state index in [0.717, 1.165) is 25.7 Å². The highest BCUT2D eigenvalue weighted by molar-refractivity contribution is 5.81. The lowest BCUT2D eigenvalue weighted by Gasteiger charge is -2.30. The van der Waals surface area contributed by atoms with Crippen LogP contribution in [0.25, 0.3) is 0 Å². The average molecular weight is 178 g/mol. The first kappa shape index (κ1) is 8.98. The van der Waals surface area contributed by atoms with Crippen LogP contribution in [0.1, 0.15) is 44.9 Å². The third-order valence-corrected chi connectivity index (χ3v) is 3.49. The fraction of sp³-hybridized carbons (Fsp3) is 0.750. The predicted molar refractivity (Wildman–Crippen MR) is 53.4 cm³/mol. The van der Waals surface area contributed by atoms with Crippen molar-refractivity contribution in [3.05, 3.63) is 12.2 Å². The number of hydrogen-bond acceptors (Lipinski definition) is 1. The first-order chi connectivity index (χ1) is 6.38. The van der Waals surface area contributed by atoms with Crippen molar-refractivity contribution in [3.8, 4) is 0 Å². The molecule has 0 unspecified atom stereocenters. The number of allylic oxidation sites excluding steroid dienone is 2. The monoisotopic (exact) mass is 178 g/mol. The number of rotatable bonds is 0. The van der Waals surface area contributed by atoms with E-state index < -0.39 is 0 Å². The van der Waals surface area contributed by atoms with E-state index in [9.17, 15) is 4.79 Å². The molecule has 2 aliphatic rings. The molecule has 0 bridgehead atoms. The van der Waals surface area contributed by atoms with Crippen molar-refractivity contribution in [3.63, 3.8) is 0 Å². The van der Waals surface area contributed by atoms with Crippen LogP contribution in [-0.4, -0.2) is 5.78 Å². The molecule has 0 aromatic carbocycles. The molecule has 1 fully saturated rings. The maximum Gasteiger partial charge on any atom is 0.136 e. The van der Waals surface area contributed by atoms with E-state index in [1.54, 1.807) is 0 Å². The minimum absolute atomic E-state index is 0.415. The van der Waals surface area contributed by atoms with Gasteiger partial charge in [-0.2, -0.15) is 0 Å². The third-order valence-electron chi connectivity index (χ3n) is 3.49. The molecule has 0 saturated heterocycles. The SMILES string of the molecule is O=C1CC/C=C\C[C@@H]2CCCC[C@H]12. The van der Waals surface area contributed by atoms with Crippen LogP contribution in [0.2, 0.25) is 0 Å². The summed E-state index contributed by atoms with van der Waals surface area (Å²) in [6.07, 6.45) is 12.4. The zero-order valence-electron chi connectivity index (χ0n) is 8.17. The van der Waals surface area contributed by atoms with Gasteiger partial charge in [-0.05, 0) is 31.6 Å². The van der Waals surface area contributed by atoms with Gasteiger partial charge >= 0.3 is 0 Å². The number of carbonyl (C=O) groups is 1. The Labute approximate surface area is 80.2 Å². The summed E-state index contributed by atoms with van der Waals surface area (Å²) in [6, 6.07) is 0. The lowest BCUT2D eigenvalue weighted by molar-refractivity contribution is -0.125. The largest absolute Gasteiger partial charge is 0.299 e. The van der Waals surface area contributed by atoms with Crippen LogP contribution in [-0.2, 0) is 4.79 Å². The van der Waals surface area contributed by atoms with E-state index >= 15 is 0 Å². The van der Waals surface area contributed by atoms with E-state index in [2.05, 4.69) is 12.2 Å². The van der Waals surface area contributed by atoms with E-state index in [0.29, 0.717) is 17.6 Å². The van der Waals surface area contributed by atoms with Gasteiger partial charge in [0.25, 0.3) is 0 Å². The molecule has 0 aromatic rings. The zero-order chi connectivity index (χ0) is 9.10. The first-order valence-electron chi connectivity index (χ1n) is 5.55. The van der Waals surface area contributed by atoms with Crippen molar-refractivity contribution in [2.45, 2.75) is 44.9 Å². The summed E-state index contributed by atoms with van der Waals surface area (Å²) < 4.78 is 0. The summed E-state index contributed by atoms with van der Waals surface area (Å²) >= 11 is 0. The van der Waals surface area contributed by atoms with Crippen molar-refractivity contribution in [1.29, 1.82) is 0 Å². The maximum atomic E-state index is 11.8. The van der Waals surface area contributed by atoms with Gasteiger partial charge in [-0.15, -0.1) is 0 Å². The number of ketones is 1. The standard InChI is InChI=1S/C12H18O/c13-12-9-3-1-2-6-10-7-4-5-8-11(10)12/h1-2,10-11H,3-9H2/b2-1-/t10-,11+/m1/s1. The zero-order valence-corrected chi connectivity index (χ0v) is 8.17. The van der Waals surface area contributed by atoms with Crippen molar-refractivity contribution in [1.82, 2.24) is 0 Å². The van der Waals surface area contributed by atoms with Crippen molar-refractivity contribution in [2.24, 2.45) is 11.8 Å². The van der Waals surface area contributed by atoms with Crippen LogP contribution in [0.15, 0.2) is 12.2 Å². The van der Waals surface area contributed by atoms with Gasteiger partial charge in [0.15, 0.2) is 0 Å². The fourth-order valence-corrected chi connectivity index (χ4v) is 2.71. The van der Waals surface area contributed by atoms with E-state index in [4.69, 9.17) is 0 Å². The van der Waals surface area contributed by atoms with Crippen molar-refractivity contribution < 1.29 is 4.79 Å². The molecule has 1 saturated carbocycles. The number of hydrogen-bond donors (Lipinski definition) is 0. The fourth-order valence-electron chi connectivity index (χ4n) is 2.71. The minimum Gasteiger partial charge on any atom is -0.299 e. The summed E-state index contributed by atoms with van der Waals surface area (Å²) in [5.74, 6) is 1.63. The molecule has 1 nitrogen and oxygen atoms in total. The van der Waals surface area contributed by atoms with Crippen molar-refractivity contribution >= 4 is 5.78 Å². The Morgan fingerprint density at radius 3 is 2.92 bits per heavy atom. The maximum absolute atomic E-state index is 11.8. The summed E-state index contributed by atoms with van der Waals surface area (Å²) in [7, 11) is 0. The lowest BCUT2D eigenvalue weighted by atomic mass is 9.73. The summed E-state index contributed by atoms with van der Waals surface area (Å²) in [6.45, 7) is 0. The average Bonchev–Trinajstić information content (AvgIpc) is 2.14. The van der Waals surface area contributed by atoms with Crippen molar-refractivity contribution in [2.75, 3.05) is 0 Å². The second-order valence-corrected chi connectivity index (χ2v) is 4.36. The molecule has 0 spiro atoms. The van der Waals surface area contributed by atoms with Crippen LogP contribution in [0, 0.1) is 11.8 Å². The molecule has 0 heterocycles. The van der Waals surface area contributed by atoms with Crippen LogP contribution in [0.3, 0.4) is 0 Å². The van der Waals surface area contributed by atoms with Gasteiger partial charge in [-0.25, -0.2) is 0 Å². The van der Waals surface area contributed by atoms with Gasteiger partial charge in [0, 0.05) is 12.3 Å². The van der Waals surface area contributed by atoms with Gasteiger partial charge in [0.1, 0.15) is 5.78 Å². The molecule has 2 aliphatic carbocycles. The molecule has 13 heavy (non-hydrogen) atoms. The molecule has 0 amide bonds. The molecule has 0 N–H and O–H groups in total. The van der Waals surface area contributed by atoms with Gasteiger partial charge in [0.2, 0.25) is 0 Å². The second-order valence-electron chi connectivity index (χ2n) is 4.36. The third kappa shape index (κ3) is 2.01.